The smallest absolute Gasteiger partial charge is 0.234 e. The third-order valence-corrected chi connectivity index (χ3v) is 7.77. The number of thiophene rings is 1. The minimum Gasteiger partial charge on any atom is -0.325 e. The molecule has 0 aliphatic carbocycles. The van der Waals surface area contributed by atoms with Crippen molar-refractivity contribution < 1.29 is 4.79 Å². The Morgan fingerprint density at radius 1 is 1.07 bits per heavy atom. The summed E-state index contributed by atoms with van der Waals surface area (Å²) in [5, 5.41) is 15.4. The number of hydrogen-bond donors (Lipinski definition) is 1. The molecule has 1 amide bonds. The van der Waals surface area contributed by atoms with Gasteiger partial charge in [-0.1, -0.05) is 30.0 Å². The minimum atomic E-state index is -0.0570. The molecule has 0 unspecified atom stereocenters. The van der Waals surface area contributed by atoms with Crippen LogP contribution in [0, 0.1) is 20.8 Å². The van der Waals surface area contributed by atoms with E-state index in [0.29, 0.717) is 0 Å². The van der Waals surface area contributed by atoms with Crippen LogP contribution in [-0.2, 0) is 4.79 Å². The molecule has 0 saturated carbocycles. The van der Waals surface area contributed by atoms with E-state index >= 15 is 0 Å². The topological polar surface area (TPSA) is 67.8 Å². The van der Waals surface area contributed by atoms with Gasteiger partial charge in [-0.2, -0.15) is 0 Å². The Bertz CT molecular complexity index is 1170. The first-order chi connectivity index (χ1) is 14.5. The Balaban J connectivity index is 1.39. The number of thioether (sulfide) groups is 1. The number of aromatic nitrogens is 3. The van der Waals surface area contributed by atoms with Crippen molar-refractivity contribution in [3.05, 3.63) is 64.7 Å². The van der Waals surface area contributed by atoms with Gasteiger partial charge in [0, 0.05) is 5.69 Å². The van der Waals surface area contributed by atoms with Gasteiger partial charge in [0.1, 0.15) is 15.7 Å². The number of hydrogen-bond acceptors (Lipinski definition) is 7. The molecule has 0 spiro atoms. The van der Waals surface area contributed by atoms with Gasteiger partial charge in [0.15, 0.2) is 0 Å². The van der Waals surface area contributed by atoms with Crippen LogP contribution in [0.5, 0.6) is 0 Å². The standard InChI is InChI=1S/C22H20N4OS3/c1-13-6-4-7-16(14(13)2)24-19(27)12-29-20-10-9-17(25-26-20)21-15(3)23-22(30-21)18-8-5-11-28-18/h4-11H,12H2,1-3H3,(H,24,27). The van der Waals surface area contributed by atoms with Crippen molar-refractivity contribution in [2.45, 2.75) is 25.8 Å². The van der Waals surface area contributed by atoms with Gasteiger partial charge in [0.05, 0.1) is 21.2 Å². The number of nitrogens with one attached hydrogen (secondary N) is 1. The predicted molar refractivity (Wildman–Crippen MR) is 126 cm³/mol. The number of amides is 1. The summed E-state index contributed by atoms with van der Waals surface area (Å²) in [4.78, 5) is 19.2. The van der Waals surface area contributed by atoms with Crippen LogP contribution in [0.4, 0.5) is 5.69 Å². The van der Waals surface area contributed by atoms with Crippen LogP contribution in [0.1, 0.15) is 16.8 Å². The first-order valence-corrected chi connectivity index (χ1v) is 12.0. The molecule has 3 aromatic heterocycles. The summed E-state index contributed by atoms with van der Waals surface area (Å²) in [6.45, 7) is 6.03. The van der Waals surface area contributed by atoms with Crippen LogP contribution in [0.3, 0.4) is 0 Å². The zero-order valence-electron chi connectivity index (χ0n) is 16.8. The van der Waals surface area contributed by atoms with E-state index in [4.69, 9.17) is 0 Å². The molecule has 4 aromatic rings. The number of nitrogens with zero attached hydrogens (tertiary/aromatic N) is 3. The fourth-order valence-electron chi connectivity index (χ4n) is 2.87. The SMILES string of the molecule is Cc1cccc(NC(=O)CSc2ccc(-c3sc(-c4cccs4)nc3C)nn2)c1C. The highest BCUT2D eigenvalue weighted by Gasteiger charge is 2.14. The predicted octanol–water partition coefficient (Wildman–Crippen LogP) is 5.98. The fourth-order valence-corrected chi connectivity index (χ4v) is 5.31. The first kappa shape index (κ1) is 20.7. The van der Waals surface area contributed by atoms with Crippen molar-refractivity contribution >= 4 is 46.0 Å². The molecular weight excluding hydrogens is 432 g/mol. The molecule has 1 aromatic carbocycles. The van der Waals surface area contributed by atoms with Gasteiger partial charge < -0.3 is 5.32 Å². The number of thiazole rings is 1. The zero-order chi connectivity index (χ0) is 21.1. The minimum absolute atomic E-state index is 0.0570. The Hall–Kier alpha value is -2.55. The Kier molecular flexibility index (Phi) is 6.26. The van der Waals surface area contributed by atoms with Crippen molar-refractivity contribution in [2.24, 2.45) is 0 Å². The molecule has 4 rings (SSSR count). The molecule has 0 atom stereocenters. The van der Waals surface area contributed by atoms with Crippen LogP contribution in [0.2, 0.25) is 0 Å². The van der Waals surface area contributed by atoms with Gasteiger partial charge in [0.2, 0.25) is 5.91 Å². The van der Waals surface area contributed by atoms with E-state index in [1.165, 1.54) is 11.8 Å². The van der Waals surface area contributed by atoms with E-state index in [1.807, 2.05) is 62.5 Å². The van der Waals surface area contributed by atoms with Gasteiger partial charge in [-0.05, 0) is 61.5 Å². The Morgan fingerprint density at radius 3 is 2.67 bits per heavy atom. The second kappa shape index (κ2) is 9.07. The van der Waals surface area contributed by atoms with Crippen LogP contribution < -0.4 is 5.32 Å². The number of carbonyl (C=O) groups is 1. The lowest BCUT2D eigenvalue weighted by Gasteiger charge is -2.10. The van der Waals surface area contributed by atoms with Crippen LogP contribution >= 0.6 is 34.4 Å². The average Bonchev–Trinajstić information content (AvgIpc) is 3.40. The summed E-state index contributed by atoms with van der Waals surface area (Å²) in [5.41, 5.74) is 4.84. The molecule has 0 bridgehead atoms. The largest absolute Gasteiger partial charge is 0.325 e. The van der Waals surface area contributed by atoms with Crippen LogP contribution in [-0.4, -0.2) is 26.8 Å². The van der Waals surface area contributed by atoms with Crippen molar-refractivity contribution in [3.63, 3.8) is 0 Å². The van der Waals surface area contributed by atoms with Gasteiger partial charge in [0.25, 0.3) is 0 Å². The van der Waals surface area contributed by atoms with Gasteiger partial charge in [-0.3, -0.25) is 4.79 Å². The second-order valence-corrected chi connectivity index (χ2v) is 9.69. The molecular formula is C22H20N4OS3. The van der Waals surface area contributed by atoms with Crippen molar-refractivity contribution in [1.82, 2.24) is 15.2 Å². The molecule has 0 radical (unpaired) electrons. The van der Waals surface area contributed by atoms with Crippen molar-refractivity contribution in [3.8, 4) is 20.5 Å². The summed E-state index contributed by atoms with van der Waals surface area (Å²) < 4.78 is 0. The highest BCUT2D eigenvalue weighted by atomic mass is 32.2. The van der Waals surface area contributed by atoms with E-state index in [1.54, 1.807) is 22.7 Å². The fraction of sp³-hybridized carbons (Fsp3) is 0.182. The average molecular weight is 453 g/mol. The lowest BCUT2D eigenvalue weighted by Crippen LogP contribution is -2.15. The monoisotopic (exact) mass is 452 g/mol. The third kappa shape index (κ3) is 4.61. The zero-order valence-corrected chi connectivity index (χ0v) is 19.3. The maximum atomic E-state index is 12.3. The highest BCUT2D eigenvalue weighted by molar-refractivity contribution is 7.99. The lowest BCUT2D eigenvalue weighted by atomic mass is 10.1. The third-order valence-electron chi connectivity index (χ3n) is 4.63. The van der Waals surface area contributed by atoms with Gasteiger partial charge in [-0.15, -0.1) is 32.9 Å². The van der Waals surface area contributed by atoms with Gasteiger partial charge in [-0.25, -0.2) is 4.98 Å². The Labute approximate surface area is 187 Å². The van der Waals surface area contributed by atoms with E-state index in [0.717, 1.165) is 48.0 Å². The summed E-state index contributed by atoms with van der Waals surface area (Å²) in [6.07, 6.45) is 0. The molecule has 5 nitrogen and oxygen atoms in total. The quantitative estimate of drug-likeness (QED) is 0.364. The number of benzene rings is 1. The van der Waals surface area contributed by atoms with E-state index < -0.39 is 0 Å². The maximum Gasteiger partial charge on any atom is 0.234 e. The first-order valence-electron chi connectivity index (χ1n) is 9.35. The summed E-state index contributed by atoms with van der Waals surface area (Å²) in [5.74, 6) is 0.224. The Morgan fingerprint density at radius 2 is 1.93 bits per heavy atom. The number of anilines is 1. The molecule has 3 heterocycles. The molecule has 0 aliphatic rings. The van der Waals surface area contributed by atoms with Crippen molar-refractivity contribution in [2.75, 3.05) is 11.1 Å². The normalized spacial score (nSPS) is 10.9. The molecule has 8 heteroatoms. The van der Waals surface area contributed by atoms with Crippen LogP contribution in [0.25, 0.3) is 20.5 Å². The lowest BCUT2D eigenvalue weighted by molar-refractivity contribution is -0.113. The molecule has 30 heavy (non-hydrogen) atoms. The van der Waals surface area contributed by atoms with E-state index in [2.05, 4.69) is 26.6 Å². The highest BCUT2D eigenvalue weighted by Crippen LogP contribution is 2.36. The summed E-state index contributed by atoms with van der Waals surface area (Å²) >= 11 is 4.67. The number of carbonyl (C=O) groups excluding carboxylic acids is 1. The number of aryl methyl sites for hydroxylation is 2. The molecule has 0 fully saturated rings. The van der Waals surface area contributed by atoms with E-state index in [9.17, 15) is 4.79 Å². The molecule has 0 aliphatic heterocycles. The van der Waals surface area contributed by atoms with Crippen molar-refractivity contribution in [1.29, 1.82) is 0 Å². The number of rotatable bonds is 6. The van der Waals surface area contributed by atoms with Gasteiger partial charge >= 0.3 is 0 Å². The molecule has 152 valence electrons. The molecule has 0 saturated heterocycles. The van der Waals surface area contributed by atoms with E-state index in [-0.39, 0.29) is 11.7 Å². The second-order valence-electron chi connectivity index (χ2n) is 6.75. The van der Waals surface area contributed by atoms with Crippen LogP contribution in [0.15, 0.2) is 52.9 Å². The summed E-state index contributed by atoms with van der Waals surface area (Å²) in [6, 6.07) is 13.8. The summed E-state index contributed by atoms with van der Waals surface area (Å²) in [7, 11) is 0. The maximum absolute atomic E-state index is 12.3. The molecule has 1 N–H and O–H groups in total.